The number of rotatable bonds is 3. The first-order chi connectivity index (χ1) is 9.88. The van der Waals surface area contributed by atoms with Gasteiger partial charge in [-0.15, -0.1) is 0 Å². The van der Waals surface area contributed by atoms with Crippen molar-refractivity contribution in [2.24, 2.45) is 0 Å². The summed E-state index contributed by atoms with van der Waals surface area (Å²) in [7, 11) is 1.48. The topological polar surface area (TPSA) is 29.5 Å². The second kappa shape index (κ2) is 5.86. The van der Waals surface area contributed by atoms with E-state index in [2.05, 4.69) is 6.07 Å². The van der Waals surface area contributed by atoms with Crippen LogP contribution in [0.25, 0.3) is 0 Å². The zero-order valence-electron chi connectivity index (χ0n) is 13.1. The Morgan fingerprint density at radius 3 is 2.10 bits per heavy atom. The van der Waals surface area contributed by atoms with Crippen molar-refractivity contribution in [3.8, 4) is 5.75 Å². The predicted molar refractivity (Wildman–Crippen MR) is 82.4 cm³/mol. The predicted octanol–water partition coefficient (Wildman–Crippen LogP) is 4.15. The van der Waals surface area contributed by atoms with Gasteiger partial charge in [0.25, 0.3) is 0 Å². The Kier molecular flexibility index (Phi) is 4.33. The van der Waals surface area contributed by atoms with Crippen LogP contribution in [0, 0.1) is 33.5 Å². The lowest BCUT2D eigenvalue weighted by Crippen LogP contribution is -2.10. The van der Waals surface area contributed by atoms with Crippen LogP contribution in [0.3, 0.4) is 0 Å². The fourth-order valence-corrected chi connectivity index (χ4v) is 2.76. The fraction of sp³-hybridized carbons (Fsp3) is 0.333. The summed E-state index contributed by atoms with van der Waals surface area (Å²) in [5.74, 6) is -0.0970. The second-order valence-electron chi connectivity index (χ2n) is 5.43. The Hall–Kier alpha value is -1.87. The quantitative estimate of drug-likeness (QED) is 0.919. The van der Waals surface area contributed by atoms with E-state index in [9.17, 15) is 9.50 Å². The van der Waals surface area contributed by atoms with E-state index in [1.165, 1.54) is 13.2 Å². The van der Waals surface area contributed by atoms with Gasteiger partial charge in [0.2, 0.25) is 0 Å². The molecule has 0 aliphatic rings. The molecule has 3 heteroatoms. The minimum atomic E-state index is -1.04. The summed E-state index contributed by atoms with van der Waals surface area (Å²) >= 11 is 0. The number of aliphatic hydroxyl groups excluding tert-OH is 1. The molecule has 0 heterocycles. The molecule has 0 aliphatic heterocycles. The van der Waals surface area contributed by atoms with E-state index in [1.54, 1.807) is 12.1 Å². The van der Waals surface area contributed by atoms with Gasteiger partial charge in [-0.2, -0.15) is 0 Å². The summed E-state index contributed by atoms with van der Waals surface area (Å²) in [6, 6.07) is 6.66. The van der Waals surface area contributed by atoms with E-state index in [4.69, 9.17) is 4.74 Å². The van der Waals surface area contributed by atoms with E-state index in [-0.39, 0.29) is 5.56 Å². The average molecular weight is 288 g/mol. The number of benzene rings is 2. The van der Waals surface area contributed by atoms with E-state index in [0.29, 0.717) is 5.75 Å². The largest absolute Gasteiger partial charge is 0.496 e. The number of methoxy groups -OCH3 is 1. The number of hydrogen-bond donors (Lipinski definition) is 1. The number of hydrogen-bond acceptors (Lipinski definition) is 2. The molecule has 0 aromatic heterocycles. The van der Waals surface area contributed by atoms with Crippen molar-refractivity contribution in [3.63, 3.8) is 0 Å². The van der Waals surface area contributed by atoms with Crippen LogP contribution < -0.4 is 4.74 Å². The Bertz CT molecular complexity index is 651. The van der Waals surface area contributed by atoms with Crippen LogP contribution in [0.1, 0.15) is 39.5 Å². The van der Waals surface area contributed by atoms with Crippen LogP contribution in [0.4, 0.5) is 4.39 Å². The average Bonchev–Trinajstić information content (AvgIpc) is 2.44. The molecule has 0 amide bonds. The Morgan fingerprint density at radius 2 is 1.57 bits per heavy atom. The van der Waals surface area contributed by atoms with Crippen molar-refractivity contribution < 1.29 is 14.2 Å². The van der Waals surface area contributed by atoms with Crippen LogP contribution in [-0.2, 0) is 0 Å². The first-order valence-corrected chi connectivity index (χ1v) is 6.96. The van der Waals surface area contributed by atoms with Crippen LogP contribution in [0.15, 0.2) is 24.3 Å². The summed E-state index contributed by atoms with van der Waals surface area (Å²) in [6.45, 7) is 7.90. The van der Waals surface area contributed by atoms with Crippen LogP contribution in [-0.4, -0.2) is 12.2 Å². The second-order valence-corrected chi connectivity index (χ2v) is 5.43. The van der Waals surface area contributed by atoms with Crippen molar-refractivity contribution in [2.45, 2.75) is 33.8 Å². The molecule has 0 fully saturated rings. The highest BCUT2D eigenvalue weighted by Gasteiger charge is 2.24. The number of aliphatic hydroxyl groups is 1. The van der Waals surface area contributed by atoms with Crippen LogP contribution in [0.5, 0.6) is 5.75 Å². The van der Waals surface area contributed by atoms with Gasteiger partial charge in [0.05, 0.1) is 12.7 Å². The zero-order chi connectivity index (χ0) is 15.7. The van der Waals surface area contributed by atoms with E-state index < -0.39 is 11.9 Å². The van der Waals surface area contributed by atoms with E-state index in [0.717, 1.165) is 27.8 Å². The van der Waals surface area contributed by atoms with Gasteiger partial charge in [0, 0.05) is 0 Å². The third kappa shape index (κ3) is 2.66. The van der Waals surface area contributed by atoms with Crippen LogP contribution in [0.2, 0.25) is 0 Å². The van der Waals surface area contributed by atoms with Gasteiger partial charge in [-0.1, -0.05) is 12.1 Å². The van der Waals surface area contributed by atoms with Crippen molar-refractivity contribution in [3.05, 3.63) is 63.5 Å². The molecule has 1 atom stereocenters. The Morgan fingerprint density at radius 1 is 1.00 bits per heavy atom. The lowest BCUT2D eigenvalue weighted by molar-refractivity contribution is 0.207. The smallest absolute Gasteiger partial charge is 0.133 e. The summed E-state index contributed by atoms with van der Waals surface area (Å²) in [5.41, 5.74) is 5.09. The van der Waals surface area contributed by atoms with Gasteiger partial charge < -0.3 is 9.84 Å². The zero-order valence-corrected chi connectivity index (χ0v) is 13.1. The lowest BCUT2D eigenvalue weighted by Gasteiger charge is -2.22. The first kappa shape index (κ1) is 15.5. The Labute approximate surface area is 125 Å². The third-order valence-corrected chi connectivity index (χ3v) is 4.20. The molecule has 0 bridgehead atoms. The summed E-state index contributed by atoms with van der Waals surface area (Å²) in [4.78, 5) is 0. The molecule has 2 aromatic carbocycles. The van der Waals surface area contributed by atoms with Crippen LogP contribution >= 0.6 is 0 Å². The maximum atomic E-state index is 14.2. The minimum absolute atomic E-state index is 0.191. The van der Waals surface area contributed by atoms with Gasteiger partial charge >= 0.3 is 0 Å². The molecule has 0 radical (unpaired) electrons. The first-order valence-electron chi connectivity index (χ1n) is 6.96. The summed E-state index contributed by atoms with van der Waals surface area (Å²) in [5, 5.41) is 10.8. The fourth-order valence-electron chi connectivity index (χ4n) is 2.76. The highest BCUT2D eigenvalue weighted by molar-refractivity contribution is 5.50. The molecule has 1 unspecified atom stereocenters. The molecular formula is C18H21FO2. The maximum absolute atomic E-state index is 14.2. The van der Waals surface area contributed by atoms with Crippen molar-refractivity contribution >= 4 is 0 Å². The summed E-state index contributed by atoms with van der Waals surface area (Å²) in [6.07, 6.45) is -1.04. The van der Waals surface area contributed by atoms with Crippen molar-refractivity contribution in [1.82, 2.24) is 0 Å². The van der Waals surface area contributed by atoms with Gasteiger partial charge in [0.15, 0.2) is 0 Å². The molecule has 0 aliphatic carbocycles. The van der Waals surface area contributed by atoms with Gasteiger partial charge in [-0.3, -0.25) is 0 Å². The standard InChI is InChI=1S/C18H21FO2/c1-10-9-11(2)13(4)16(12(10)3)18(20)17-14(19)7-6-8-15(17)21-5/h6-9,18,20H,1-5H3. The number of aryl methyl sites for hydroxylation is 2. The third-order valence-electron chi connectivity index (χ3n) is 4.20. The normalized spacial score (nSPS) is 12.3. The molecule has 2 nitrogen and oxygen atoms in total. The van der Waals surface area contributed by atoms with E-state index in [1.807, 2.05) is 27.7 Å². The van der Waals surface area contributed by atoms with Crippen molar-refractivity contribution in [2.75, 3.05) is 7.11 Å². The number of ether oxygens (including phenoxy) is 1. The molecule has 0 saturated carbocycles. The molecule has 0 saturated heterocycles. The summed E-state index contributed by atoms with van der Waals surface area (Å²) < 4.78 is 19.4. The number of halogens is 1. The molecule has 2 rings (SSSR count). The highest BCUT2D eigenvalue weighted by Crippen LogP contribution is 2.36. The molecule has 2 aromatic rings. The maximum Gasteiger partial charge on any atom is 0.133 e. The molecule has 1 N–H and O–H groups in total. The van der Waals surface area contributed by atoms with E-state index >= 15 is 0 Å². The van der Waals surface area contributed by atoms with Gasteiger partial charge in [-0.25, -0.2) is 4.39 Å². The van der Waals surface area contributed by atoms with Gasteiger partial charge in [-0.05, 0) is 67.6 Å². The highest BCUT2D eigenvalue weighted by atomic mass is 19.1. The van der Waals surface area contributed by atoms with Gasteiger partial charge in [0.1, 0.15) is 17.7 Å². The molecule has 112 valence electrons. The minimum Gasteiger partial charge on any atom is -0.496 e. The molecular weight excluding hydrogens is 267 g/mol. The lowest BCUT2D eigenvalue weighted by atomic mass is 9.88. The Balaban J connectivity index is 2.69. The monoisotopic (exact) mass is 288 g/mol. The molecule has 21 heavy (non-hydrogen) atoms. The molecule has 0 spiro atoms. The SMILES string of the molecule is COc1cccc(F)c1C(O)c1c(C)c(C)cc(C)c1C. The van der Waals surface area contributed by atoms with Crippen molar-refractivity contribution in [1.29, 1.82) is 0 Å².